The lowest BCUT2D eigenvalue weighted by molar-refractivity contribution is -0.120. The van der Waals surface area contributed by atoms with Gasteiger partial charge in [0.15, 0.2) is 11.5 Å². The quantitative estimate of drug-likeness (QED) is 0.837. The van der Waals surface area contributed by atoms with E-state index in [0.717, 1.165) is 29.0 Å². The van der Waals surface area contributed by atoms with Gasteiger partial charge in [-0.15, -0.1) is 0 Å². The second-order valence-corrected chi connectivity index (χ2v) is 6.31. The van der Waals surface area contributed by atoms with E-state index in [2.05, 4.69) is 24.4 Å². The average Bonchev–Trinajstić information content (AvgIpc) is 2.66. The molecule has 4 heteroatoms. The SMILES string of the molecule is CCCCc1ccc(CC(=O)NCc2cccc3c2OCCO3)cc1. The zero-order chi connectivity index (χ0) is 17.5. The van der Waals surface area contributed by atoms with Gasteiger partial charge >= 0.3 is 0 Å². The topological polar surface area (TPSA) is 47.6 Å². The molecular weight excluding hydrogens is 314 g/mol. The van der Waals surface area contributed by atoms with Crippen molar-refractivity contribution in [1.82, 2.24) is 5.32 Å². The summed E-state index contributed by atoms with van der Waals surface area (Å²) in [6.07, 6.45) is 3.89. The van der Waals surface area contributed by atoms with Gasteiger partial charge in [-0.1, -0.05) is 49.7 Å². The Morgan fingerprint density at radius 1 is 1.04 bits per heavy atom. The molecule has 2 aromatic rings. The molecule has 0 fully saturated rings. The van der Waals surface area contributed by atoms with Gasteiger partial charge in [-0.25, -0.2) is 0 Å². The number of carbonyl (C=O) groups is 1. The molecule has 0 aliphatic carbocycles. The highest BCUT2D eigenvalue weighted by atomic mass is 16.6. The number of aryl methyl sites for hydroxylation is 1. The predicted molar refractivity (Wildman–Crippen MR) is 98.0 cm³/mol. The van der Waals surface area contributed by atoms with Crippen LogP contribution in [0.1, 0.15) is 36.5 Å². The third-order valence-electron chi connectivity index (χ3n) is 4.33. The largest absolute Gasteiger partial charge is 0.486 e. The number of rotatable bonds is 7. The van der Waals surface area contributed by atoms with Gasteiger partial charge in [0, 0.05) is 12.1 Å². The molecule has 1 aliphatic heterocycles. The van der Waals surface area contributed by atoms with Gasteiger partial charge in [-0.05, 0) is 30.0 Å². The predicted octanol–water partition coefficient (Wildman–Crippen LogP) is 3.66. The first-order chi connectivity index (χ1) is 12.3. The van der Waals surface area contributed by atoms with Crippen LogP contribution in [0.5, 0.6) is 11.5 Å². The van der Waals surface area contributed by atoms with Crippen molar-refractivity contribution >= 4 is 5.91 Å². The molecule has 0 saturated heterocycles. The Labute approximate surface area is 149 Å². The van der Waals surface area contributed by atoms with Gasteiger partial charge in [0.25, 0.3) is 0 Å². The molecule has 1 N–H and O–H groups in total. The number of hydrogen-bond acceptors (Lipinski definition) is 3. The minimum Gasteiger partial charge on any atom is -0.486 e. The van der Waals surface area contributed by atoms with Crippen LogP contribution < -0.4 is 14.8 Å². The van der Waals surface area contributed by atoms with Crippen LogP contribution >= 0.6 is 0 Å². The van der Waals surface area contributed by atoms with Gasteiger partial charge in [-0.3, -0.25) is 4.79 Å². The highest BCUT2D eigenvalue weighted by Gasteiger charge is 2.15. The zero-order valence-electron chi connectivity index (χ0n) is 14.7. The molecule has 0 bridgehead atoms. The molecule has 25 heavy (non-hydrogen) atoms. The van der Waals surface area contributed by atoms with Gasteiger partial charge in [0.1, 0.15) is 13.2 Å². The standard InChI is InChI=1S/C21H25NO3/c1-2-3-5-16-8-10-17(11-9-16)14-20(23)22-15-18-6-4-7-19-21(18)25-13-12-24-19/h4,6-11H,2-3,5,12-15H2,1H3,(H,22,23). The lowest BCUT2D eigenvalue weighted by Gasteiger charge is -2.21. The molecule has 0 radical (unpaired) electrons. The molecule has 0 aromatic heterocycles. The molecule has 2 aromatic carbocycles. The van der Waals surface area contributed by atoms with E-state index in [9.17, 15) is 4.79 Å². The summed E-state index contributed by atoms with van der Waals surface area (Å²) in [5.74, 6) is 1.51. The number of hydrogen-bond donors (Lipinski definition) is 1. The molecule has 0 unspecified atom stereocenters. The first-order valence-electron chi connectivity index (χ1n) is 8.98. The fourth-order valence-electron chi connectivity index (χ4n) is 2.92. The normalized spacial score (nSPS) is 12.7. The summed E-state index contributed by atoms with van der Waals surface area (Å²) in [5, 5.41) is 2.97. The van der Waals surface area contributed by atoms with E-state index < -0.39 is 0 Å². The third kappa shape index (κ3) is 4.75. The summed E-state index contributed by atoms with van der Waals surface area (Å²) < 4.78 is 11.2. The smallest absolute Gasteiger partial charge is 0.224 e. The van der Waals surface area contributed by atoms with Crippen LogP contribution in [0.15, 0.2) is 42.5 Å². The van der Waals surface area contributed by atoms with Crippen LogP contribution in [-0.4, -0.2) is 19.1 Å². The lowest BCUT2D eigenvalue weighted by Crippen LogP contribution is -2.25. The number of unbranched alkanes of at least 4 members (excludes halogenated alkanes) is 1. The van der Waals surface area contributed by atoms with Gasteiger partial charge < -0.3 is 14.8 Å². The number of carbonyl (C=O) groups excluding carboxylic acids is 1. The van der Waals surface area contributed by atoms with E-state index in [1.165, 1.54) is 18.4 Å². The Kier molecular flexibility index (Phi) is 5.94. The summed E-state index contributed by atoms with van der Waals surface area (Å²) in [6.45, 7) is 3.75. The summed E-state index contributed by atoms with van der Waals surface area (Å²) in [4.78, 5) is 12.2. The van der Waals surface area contributed by atoms with E-state index >= 15 is 0 Å². The Hall–Kier alpha value is -2.49. The van der Waals surface area contributed by atoms with Crippen LogP contribution in [0, 0.1) is 0 Å². The van der Waals surface area contributed by atoms with Crippen LogP contribution in [0.3, 0.4) is 0 Å². The molecule has 3 rings (SSSR count). The highest BCUT2D eigenvalue weighted by Crippen LogP contribution is 2.33. The number of fused-ring (bicyclic) bond motifs is 1. The van der Waals surface area contributed by atoms with Crippen LogP contribution in [0.4, 0.5) is 0 Å². The Balaban J connectivity index is 1.53. The summed E-state index contributed by atoms with van der Waals surface area (Å²) in [5.41, 5.74) is 3.31. The van der Waals surface area contributed by atoms with Crippen molar-refractivity contribution in [3.05, 3.63) is 59.2 Å². The van der Waals surface area contributed by atoms with Crippen LogP contribution in [0.25, 0.3) is 0 Å². The number of amides is 1. The molecule has 1 aliphatic rings. The van der Waals surface area contributed by atoms with Gasteiger partial charge in [-0.2, -0.15) is 0 Å². The fraction of sp³-hybridized carbons (Fsp3) is 0.381. The molecule has 1 heterocycles. The summed E-state index contributed by atoms with van der Waals surface area (Å²) in [7, 11) is 0. The van der Waals surface area contributed by atoms with Crippen molar-refractivity contribution in [2.75, 3.05) is 13.2 Å². The molecule has 0 atom stereocenters. The summed E-state index contributed by atoms with van der Waals surface area (Å²) in [6, 6.07) is 14.1. The Morgan fingerprint density at radius 2 is 1.80 bits per heavy atom. The Morgan fingerprint density at radius 3 is 2.60 bits per heavy atom. The molecule has 1 amide bonds. The van der Waals surface area contributed by atoms with E-state index in [1.807, 2.05) is 30.3 Å². The maximum absolute atomic E-state index is 12.2. The first-order valence-corrected chi connectivity index (χ1v) is 8.98. The molecule has 0 spiro atoms. The summed E-state index contributed by atoms with van der Waals surface area (Å²) >= 11 is 0. The maximum atomic E-state index is 12.2. The molecule has 0 saturated carbocycles. The van der Waals surface area contributed by atoms with E-state index in [1.54, 1.807) is 0 Å². The van der Waals surface area contributed by atoms with Crippen molar-refractivity contribution in [1.29, 1.82) is 0 Å². The van der Waals surface area contributed by atoms with Crippen molar-refractivity contribution in [3.8, 4) is 11.5 Å². The van der Waals surface area contributed by atoms with Gasteiger partial charge in [0.05, 0.1) is 6.42 Å². The second-order valence-electron chi connectivity index (χ2n) is 6.31. The van der Waals surface area contributed by atoms with Crippen molar-refractivity contribution in [2.45, 2.75) is 39.2 Å². The molecule has 4 nitrogen and oxygen atoms in total. The van der Waals surface area contributed by atoms with Crippen molar-refractivity contribution in [2.24, 2.45) is 0 Å². The molecule has 132 valence electrons. The second kappa shape index (κ2) is 8.56. The van der Waals surface area contributed by atoms with Crippen molar-refractivity contribution < 1.29 is 14.3 Å². The number of ether oxygens (including phenoxy) is 2. The number of nitrogens with one attached hydrogen (secondary N) is 1. The number of para-hydroxylation sites is 1. The lowest BCUT2D eigenvalue weighted by atomic mass is 10.0. The van der Waals surface area contributed by atoms with E-state index in [-0.39, 0.29) is 5.91 Å². The van der Waals surface area contributed by atoms with Crippen LogP contribution in [0.2, 0.25) is 0 Å². The number of benzene rings is 2. The van der Waals surface area contributed by atoms with E-state index in [0.29, 0.717) is 26.2 Å². The van der Waals surface area contributed by atoms with Crippen molar-refractivity contribution in [3.63, 3.8) is 0 Å². The average molecular weight is 339 g/mol. The molecular formula is C21H25NO3. The van der Waals surface area contributed by atoms with Crippen LogP contribution in [-0.2, 0) is 24.2 Å². The van der Waals surface area contributed by atoms with E-state index in [4.69, 9.17) is 9.47 Å². The monoisotopic (exact) mass is 339 g/mol. The third-order valence-corrected chi connectivity index (χ3v) is 4.33. The van der Waals surface area contributed by atoms with Gasteiger partial charge in [0.2, 0.25) is 5.91 Å². The minimum atomic E-state index is 0.00985. The highest BCUT2D eigenvalue weighted by molar-refractivity contribution is 5.78. The fourth-order valence-corrected chi connectivity index (χ4v) is 2.92. The minimum absolute atomic E-state index is 0.00985. The Bertz CT molecular complexity index is 710. The first kappa shape index (κ1) is 17.3. The zero-order valence-corrected chi connectivity index (χ0v) is 14.7. The maximum Gasteiger partial charge on any atom is 0.224 e.